The van der Waals surface area contributed by atoms with Gasteiger partial charge in [-0.25, -0.2) is 4.39 Å². The van der Waals surface area contributed by atoms with Gasteiger partial charge in [-0.1, -0.05) is 41.5 Å². The Bertz CT molecular complexity index is 575. The van der Waals surface area contributed by atoms with Crippen LogP contribution < -0.4 is 5.73 Å². The third-order valence-electron chi connectivity index (χ3n) is 3.12. The highest BCUT2D eigenvalue weighted by Crippen LogP contribution is 2.25. The van der Waals surface area contributed by atoms with E-state index in [0.717, 1.165) is 5.56 Å². The van der Waals surface area contributed by atoms with Crippen LogP contribution >= 0.6 is 15.9 Å². The van der Waals surface area contributed by atoms with Gasteiger partial charge in [-0.05, 0) is 47.8 Å². The number of rotatable bonds is 3. The average molecular weight is 322 g/mol. The van der Waals surface area contributed by atoms with E-state index in [0.29, 0.717) is 16.5 Å². The van der Waals surface area contributed by atoms with E-state index >= 15 is 0 Å². The minimum absolute atomic E-state index is 0.264. The molecule has 0 aliphatic heterocycles. The lowest BCUT2D eigenvalue weighted by Crippen LogP contribution is -2.15. The zero-order valence-corrected chi connectivity index (χ0v) is 12.7. The average Bonchev–Trinajstić information content (AvgIpc) is 2.31. The largest absolute Gasteiger partial charge is 0.324 e. The number of benzene rings is 2. The molecule has 0 saturated heterocycles. The highest BCUT2D eigenvalue weighted by Gasteiger charge is 2.14. The van der Waals surface area contributed by atoms with Gasteiger partial charge in [0.15, 0.2) is 0 Å². The Morgan fingerprint density at radius 1 is 1.16 bits per heavy atom. The quantitative estimate of drug-likeness (QED) is 0.888. The van der Waals surface area contributed by atoms with E-state index < -0.39 is 0 Å². The molecular weight excluding hydrogens is 305 g/mol. The zero-order valence-electron chi connectivity index (χ0n) is 11.1. The number of nitrogens with two attached hydrogens (primary N) is 1. The lowest BCUT2D eigenvalue weighted by Gasteiger charge is -2.14. The summed E-state index contributed by atoms with van der Waals surface area (Å²) in [4.78, 5) is 0. The van der Waals surface area contributed by atoms with E-state index in [1.54, 1.807) is 12.1 Å². The molecule has 19 heavy (non-hydrogen) atoms. The van der Waals surface area contributed by atoms with E-state index in [-0.39, 0.29) is 11.9 Å². The van der Waals surface area contributed by atoms with Crippen molar-refractivity contribution in [2.45, 2.75) is 26.3 Å². The summed E-state index contributed by atoms with van der Waals surface area (Å²) in [6, 6.07) is 11.2. The Morgan fingerprint density at radius 2 is 1.79 bits per heavy atom. The molecule has 0 aliphatic rings. The first-order valence-electron chi connectivity index (χ1n) is 6.24. The molecule has 0 spiro atoms. The maximum Gasteiger partial charge on any atom is 0.142 e. The molecule has 0 fully saturated rings. The van der Waals surface area contributed by atoms with Crippen molar-refractivity contribution in [1.82, 2.24) is 0 Å². The summed E-state index contributed by atoms with van der Waals surface area (Å²) < 4.78 is 14.4. The molecule has 2 N–H and O–H groups in total. The first-order valence-corrected chi connectivity index (χ1v) is 7.03. The van der Waals surface area contributed by atoms with E-state index in [9.17, 15) is 4.39 Å². The Labute approximate surface area is 121 Å². The lowest BCUT2D eigenvalue weighted by molar-refractivity contribution is 0.575. The van der Waals surface area contributed by atoms with Crippen LogP contribution in [0.4, 0.5) is 4.39 Å². The van der Waals surface area contributed by atoms with Crippen LogP contribution in [0.15, 0.2) is 40.9 Å². The SMILES string of the molecule is Cc1cc(C)cc(CC(N)c2cccc(Br)c2F)c1. The molecular formula is C16H17BrFN. The third-order valence-corrected chi connectivity index (χ3v) is 3.73. The molecule has 2 aromatic rings. The van der Waals surface area contributed by atoms with Crippen molar-refractivity contribution in [3.8, 4) is 0 Å². The smallest absolute Gasteiger partial charge is 0.142 e. The van der Waals surface area contributed by atoms with Gasteiger partial charge in [-0.15, -0.1) is 0 Å². The normalized spacial score (nSPS) is 12.5. The molecule has 0 aliphatic carbocycles. The number of hydrogen-bond acceptors (Lipinski definition) is 1. The summed E-state index contributed by atoms with van der Waals surface area (Å²) in [5.41, 5.74) is 10.2. The second-order valence-corrected chi connectivity index (χ2v) is 5.80. The van der Waals surface area contributed by atoms with E-state index in [1.807, 2.05) is 6.07 Å². The molecule has 0 radical (unpaired) electrons. The highest BCUT2D eigenvalue weighted by molar-refractivity contribution is 9.10. The molecule has 0 amide bonds. The standard InChI is InChI=1S/C16H17BrFN/c1-10-6-11(2)8-12(7-10)9-15(19)13-4-3-5-14(17)16(13)18/h3-8,15H,9,19H2,1-2H3. The van der Waals surface area contributed by atoms with Crippen molar-refractivity contribution >= 4 is 15.9 Å². The maximum atomic E-state index is 14.0. The number of halogens is 2. The van der Waals surface area contributed by atoms with Crippen molar-refractivity contribution in [3.63, 3.8) is 0 Å². The number of hydrogen-bond donors (Lipinski definition) is 1. The summed E-state index contributed by atoms with van der Waals surface area (Å²) in [5, 5.41) is 0. The molecule has 0 bridgehead atoms. The van der Waals surface area contributed by atoms with Crippen LogP contribution in [0.25, 0.3) is 0 Å². The Balaban J connectivity index is 2.25. The lowest BCUT2D eigenvalue weighted by atomic mass is 9.97. The first-order chi connectivity index (χ1) is 8.97. The summed E-state index contributed by atoms with van der Waals surface area (Å²) in [7, 11) is 0. The summed E-state index contributed by atoms with van der Waals surface area (Å²) in [6.45, 7) is 4.11. The predicted molar refractivity (Wildman–Crippen MR) is 80.6 cm³/mol. The van der Waals surface area contributed by atoms with E-state index in [1.165, 1.54) is 11.1 Å². The van der Waals surface area contributed by atoms with Gasteiger partial charge in [0.1, 0.15) is 5.82 Å². The fourth-order valence-corrected chi connectivity index (χ4v) is 2.74. The van der Waals surface area contributed by atoms with E-state index in [2.05, 4.69) is 48.0 Å². The van der Waals surface area contributed by atoms with Crippen LogP contribution in [0, 0.1) is 19.7 Å². The van der Waals surface area contributed by atoms with Crippen LogP contribution in [0.5, 0.6) is 0 Å². The Kier molecular flexibility index (Phi) is 4.38. The zero-order chi connectivity index (χ0) is 14.0. The predicted octanol–water partition coefficient (Wildman–Crippen LogP) is 4.45. The minimum Gasteiger partial charge on any atom is -0.324 e. The van der Waals surface area contributed by atoms with Crippen LogP contribution in [-0.4, -0.2) is 0 Å². The molecule has 0 aromatic heterocycles. The van der Waals surface area contributed by atoms with Crippen molar-refractivity contribution < 1.29 is 4.39 Å². The summed E-state index contributed by atoms with van der Waals surface area (Å²) in [5.74, 6) is -0.264. The topological polar surface area (TPSA) is 26.0 Å². The van der Waals surface area contributed by atoms with Gasteiger partial charge in [0.05, 0.1) is 4.47 Å². The van der Waals surface area contributed by atoms with Gasteiger partial charge in [-0.2, -0.15) is 0 Å². The van der Waals surface area contributed by atoms with Crippen molar-refractivity contribution in [2.75, 3.05) is 0 Å². The second-order valence-electron chi connectivity index (χ2n) is 4.95. The van der Waals surface area contributed by atoms with Crippen molar-refractivity contribution in [1.29, 1.82) is 0 Å². The molecule has 0 heterocycles. The van der Waals surface area contributed by atoms with Gasteiger partial charge < -0.3 is 5.73 Å². The Morgan fingerprint density at radius 3 is 2.42 bits per heavy atom. The molecule has 3 heteroatoms. The molecule has 2 rings (SSSR count). The molecule has 2 aromatic carbocycles. The van der Waals surface area contributed by atoms with Crippen LogP contribution in [0.2, 0.25) is 0 Å². The summed E-state index contributed by atoms with van der Waals surface area (Å²) in [6.07, 6.45) is 0.635. The van der Waals surface area contributed by atoms with Crippen LogP contribution in [0.1, 0.15) is 28.3 Å². The fourth-order valence-electron chi connectivity index (χ4n) is 2.36. The van der Waals surface area contributed by atoms with E-state index in [4.69, 9.17) is 5.73 Å². The van der Waals surface area contributed by atoms with Gasteiger partial charge in [0.2, 0.25) is 0 Å². The molecule has 1 atom stereocenters. The van der Waals surface area contributed by atoms with Gasteiger partial charge in [0, 0.05) is 11.6 Å². The van der Waals surface area contributed by atoms with Gasteiger partial charge in [-0.3, -0.25) is 0 Å². The molecule has 1 unspecified atom stereocenters. The van der Waals surface area contributed by atoms with Crippen LogP contribution in [0.3, 0.4) is 0 Å². The van der Waals surface area contributed by atoms with Crippen LogP contribution in [-0.2, 0) is 6.42 Å². The fraction of sp³-hybridized carbons (Fsp3) is 0.250. The summed E-state index contributed by atoms with van der Waals surface area (Å²) >= 11 is 3.19. The molecule has 0 saturated carbocycles. The molecule has 1 nitrogen and oxygen atoms in total. The Hall–Kier alpha value is -1.19. The monoisotopic (exact) mass is 321 g/mol. The van der Waals surface area contributed by atoms with Crippen molar-refractivity contribution in [3.05, 3.63) is 68.9 Å². The third kappa shape index (κ3) is 3.43. The highest BCUT2D eigenvalue weighted by atomic mass is 79.9. The second kappa shape index (κ2) is 5.85. The molecule has 100 valence electrons. The van der Waals surface area contributed by atoms with Crippen molar-refractivity contribution in [2.24, 2.45) is 5.73 Å². The van der Waals surface area contributed by atoms with Gasteiger partial charge >= 0.3 is 0 Å². The maximum absolute atomic E-state index is 14.0. The first kappa shape index (κ1) is 14.2. The number of aryl methyl sites for hydroxylation is 2. The van der Waals surface area contributed by atoms with Gasteiger partial charge in [0.25, 0.3) is 0 Å². The minimum atomic E-state index is -0.335.